The summed E-state index contributed by atoms with van der Waals surface area (Å²) >= 11 is 1.62. The van der Waals surface area contributed by atoms with Gasteiger partial charge in [0.25, 0.3) is 5.91 Å². The van der Waals surface area contributed by atoms with Crippen LogP contribution in [0.5, 0.6) is 0 Å². The Balaban J connectivity index is 1.38. The highest BCUT2D eigenvalue weighted by Gasteiger charge is 2.17. The molecule has 1 N–H and O–H groups in total. The van der Waals surface area contributed by atoms with E-state index < -0.39 is 0 Å². The first-order chi connectivity index (χ1) is 16.9. The first-order valence-corrected chi connectivity index (χ1v) is 12.8. The van der Waals surface area contributed by atoms with E-state index in [0.29, 0.717) is 12.0 Å². The molecule has 35 heavy (non-hydrogen) atoms. The standard InChI is InChI=1S/C28H30N4O2S/c1-28(2,3)31-27(33)21-6-4-5-20(16-21)23-18-35-24-17-29-25(30-26(23)24)15-19-7-9-22(10-8-19)32-11-13-34-14-12-32/h4-10,16-18H,11-15H2,1-3H3,(H,31,33). The summed E-state index contributed by atoms with van der Waals surface area (Å²) in [5.41, 5.74) is 5.71. The van der Waals surface area contributed by atoms with Gasteiger partial charge in [-0.15, -0.1) is 11.3 Å². The lowest BCUT2D eigenvalue weighted by Crippen LogP contribution is -2.40. The van der Waals surface area contributed by atoms with Gasteiger partial charge >= 0.3 is 0 Å². The number of nitrogens with zero attached hydrogens (tertiary/aromatic N) is 3. The molecule has 0 atom stereocenters. The molecule has 5 rings (SSSR count). The summed E-state index contributed by atoms with van der Waals surface area (Å²) in [5.74, 6) is 0.715. The maximum atomic E-state index is 12.7. The second kappa shape index (κ2) is 9.76. The average Bonchev–Trinajstić information content (AvgIpc) is 3.27. The van der Waals surface area contributed by atoms with Crippen molar-refractivity contribution < 1.29 is 9.53 Å². The minimum Gasteiger partial charge on any atom is -0.378 e. The van der Waals surface area contributed by atoms with E-state index in [4.69, 9.17) is 9.72 Å². The van der Waals surface area contributed by atoms with Crippen LogP contribution in [-0.2, 0) is 11.2 Å². The Kier molecular flexibility index (Phi) is 6.54. The number of fused-ring (bicyclic) bond motifs is 1. The van der Waals surface area contributed by atoms with E-state index in [1.165, 1.54) is 11.3 Å². The molecule has 2 aromatic carbocycles. The predicted molar refractivity (Wildman–Crippen MR) is 142 cm³/mol. The number of aromatic nitrogens is 2. The molecule has 0 unspecified atom stereocenters. The molecule has 1 aliphatic rings. The van der Waals surface area contributed by atoms with E-state index in [9.17, 15) is 4.79 Å². The Morgan fingerprint density at radius 1 is 1.11 bits per heavy atom. The Morgan fingerprint density at radius 2 is 1.89 bits per heavy atom. The molecule has 0 saturated carbocycles. The fraction of sp³-hybridized carbons (Fsp3) is 0.321. The summed E-state index contributed by atoms with van der Waals surface area (Å²) in [5, 5.41) is 5.13. The van der Waals surface area contributed by atoms with Crippen LogP contribution in [0.2, 0.25) is 0 Å². The van der Waals surface area contributed by atoms with Gasteiger partial charge in [-0.05, 0) is 56.2 Å². The number of nitrogens with one attached hydrogen (secondary N) is 1. The third kappa shape index (κ3) is 5.52. The maximum absolute atomic E-state index is 12.7. The van der Waals surface area contributed by atoms with Crippen LogP contribution in [0.3, 0.4) is 0 Å². The molecule has 0 radical (unpaired) electrons. The van der Waals surface area contributed by atoms with E-state index in [2.05, 4.69) is 44.8 Å². The zero-order valence-corrected chi connectivity index (χ0v) is 21.2. The number of ether oxygens (including phenoxy) is 1. The Labute approximate surface area is 210 Å². The molecule has 4 aromatic rings. The Hall–Kier alpha value is -3.29. The van der Waals surface area contributed by atoms with Crippen LogP contribution in [0.15, 0.2) is 60.1 Å². The SMILES string of the molecule is CC(C)(C)NC(=O)c1cccc(-c2csc3cnc(Cc4ccc(N5CCOCC5)cc4)nc23)c1. The molecule has 0 spiro atoms. The molecule has 3 heterocycles. The van der Waals surface area contributed by atoms with Crippen molar-refractivity contribution in [3.05, 3.63) is 77.1 Å². The number of hydrogen-bond donors (Lipinski definition) is 1. The van der Waals surface area contributed by atoms with Crippen molar-refractivity contribution in [3.63, 3.8) is 0 Å². The lowest BCUT2D eigenvalue weighted by molar-refractivity contribution is 0.0919. The van der Waals surface area contributed by atoms with Crippen molar-refractivity contribution in [2.45, 2.75) is 32.7 Å². The van der Waals surface area contributed by atoms with Gasteiger partial charge < -0.3 is 15.0 Å². The number of carbonyl (C=O) groups excluding carboxylic acids is 1. The predicted octanol–water partition coefficient (Wildman–Crippen LogP) is 5.31. The van der Waals surface area contributed by atoms with Gasteiger partial charge in [-0.3, -0.25) is 4.79 Å². The first-order valence-electron chi connectivity index (χ1n) is 11.9. The van der Waals surface area contributed by atoms with Crippen molar-refractivity contribution in [2.75, 3.05) is 31.2 Å². The van der Waals surface area contributed by atoms with Gasteiger partial charge in [-0.25, -0.2) is 9.97 Å². The van der Waals surface area contributed by atoms with Crippen LogP contribution >= 0.6 is 11.3 Å². The highest BCUT2D eigenvalue weighted by atomic mass is 32.1. The smallest absolute Gasteiger partial charge is 0.251 e. The number of amides is 1. The highest BCUT2D eigenvalue weighted by molar-refractivity contribution is 7.17. The highest BCUT2D eigenvalue weighted by Crippen LogP contribution is 2.33. The fourth-order valence-electron chi connectivity index (χ4n) is 4.22. The van der Waals surface area contributed by atoms with Crippen molar-refractivity contribution in [3.8, 4) is 11.1 Å². The van der Waals surface area contributed by atoms with Gasteiger partial charge in [0.15, 0.2) is 0 Å². The molecular formula is C28H30N4O2S. The molecule has 6 nitrogen and oxygen atoms in total. The van der Waals surface area contributed by atoms with Crippen LogP contribution in [0.25, 0.3) is 21.3 Å². The number of benzene rings is 2. The summed E-state index contributed by atoms with van der Waals surface area (Å²) in [6.45, 7) is 9.37. The largest absolute Gasteiger partial charge is 0.378 e. The van der Waals surface area contributed by atoms with Gasteiger partial charge in [0, 0.05) is 53.4 Å². The summed E-state index contributed by atoms with van der Waals surface area (Å²) < 4.78 is 6.49. The van der Waals surface area contributed by atoms with E-state index >= 15 is 0 Å². The van der Waals surface area contributed by atoms with Gasteiger partial charge in [0.2, 0.25) is 0 Å². The van der Waals surface area contributed by atoms with Crippen LogP contribution in [0.1, 0.15) is 42.5 Å². The van der Waals surface area contributed by atoms with Crippen molar-refractivity contribution in [1.82, 2.24) is 15.3 Å². The Morgan fingerprint density at radius 3 is 2.63 bits per heavy atom. The second-order valence-electron chi connectivity index (χ2n) is 9.88. The van der Waals surface area contributed by atoms with E-state index in [1.54, 1.807) is 11.3 Å². The van der Waals surface area contributed by atoms with Crippen LogP contribution in [0, 0.1) is 0 Å². The number of morpholine rings is 1. The summed E-state index contributed by atoms with van der Waals surface area (Å²) in [6.07, 6.45) is 2.58. The summed E-state index contributed by atoms with van der Waals surface area (Å²) in [7, 11) is 0. The zero-order valence-electron chi connectivity index (χ0n) is 20.4. The lowest BCUT2D eigenvalue weighted by atomic mass is 10.0. The summed E-state index contributed by atoms with van der Waals surface area (Å²) in [4.78, 5) is 24.6. The molecule has 0 aliphatic carbocycles. The number of rotatable bonds is 5. The van der Waals surface area contributed by atoms with Crippen LogP contribution < -0.4 is 10.2 Å². The molecule has 0 bridgehead atoms. The minimum absolute atomic E-state index is 0.0743. The normalized spacial score (nSPS) is 14.3. The quantitative estimate of drug-likeness (QED) is 0.414. The average molecular weight is 487 g/mol. The second-order valence-corrected chi connectivity index (χ2v) is 10.8. The third-order valence-electron chi connectivity index (χ3n) is 5.96. The molecule has 180 valence electrons. The van der Waals surface area contributed by atoms with Crippen molar-refractivity contribution in [1.29, 1.82) is 0 Å². The van der Waals surface area contributed by atoms with Crippen molar-refractivity contribution in [2.24, 2.45) is 0 Å². The molecule has 1 aliphatic heterocycles. The molecule has 7 heteroatoms. The molecule has 1 amide bonds. The third-order valence-corrected chi connectivity index (χ3v) is 6.87. The Bertz CT molecular complexity index is 1340. The first kappa shape index (κ1) is 23.5. The topological polar surface area (TPSA) is 67.4 Å². The van der Waals surface area contributed by atoms with E-state index in [1.807, 2.05) is 51.2 Å². The minimum atomic E-state index is -0.287. The molecule has 1 saturated heterocycles. The van der Waals surface area contributed by atoms with Crippen LogP contribution in [0.4, 0.5) is 5.69 Å². The van der Waals surface area contributed by atoms with Gasteiger partial charge in [0.05, 0.1) is 23.4 Å². The number of anilines is 1. The van der Waals surface area contributed by atoms with E-state index in [-0.39, 0.29) is 11.4 Å². The fourth-order valence-corrected chi connectivity index (χ4v) is 5.10. The molecule has 1 fully saturated rings. The van der Waals surface area contributed by atoms with Gasteiger partial charge in [-0.1, -0.05) is 24.3 Å². The summed E-state index contributed by atoms with van der Waals surface area (Å²) in [6, 6.07) is 16.4. The number of hydrogen-bond acceptors (Lipinski definition) is 6. The van der Waals surface area contributed by atoms with E-state index in [0.717, 1.165) is 53.5 Å². The van der Waals surface area contributed by atoms with Crippen molar-refractivity contribution >= 4 is 33.1 Å². The molecule has 2 aromatic heterocycles. The lowest BCUT2D eigenvalue weighted by Gasteiger charge is -2.28. The van der Waals surface area contributed by atoms with Gasteiger partial charge in [-0.2, -0.15) is 0 Å². The van der Waals surface area contributed by atoms with Gasteiger partial charge in [0.1, 0.15) is 5.82 Å². The molecular weight excluding hydrogens is 456 g/mol. The monoisotopic (exact) mass is 486 g/mol. The number of thiophene rings is 1. The zero-order chi connectivity index (χ0) is 24.4. The number of carbonyl (C=O) groups is 1. The van der Waals surface area contributed by atoms with Crippen LogP contribution in [-0.4, -0.2) is 47.7 Å². The maximum Gasteiger partial charge on any atom is 0.251 e.